The first-order chi connectivity index (χ1) is 9.34. The molecule has 1 amide bonds. The van der Waals surface area contributed by atoms with Crippen molar-refractivity contribution in [2.45, 2.75) is 25.7 Å². The van der Waals surface area contributed by atoms with E-state index in [0.717, 1.165) is 31.1 Å². The summed E-state index contributed by atoms with van der Waals surface area (Å²) in [5.74, 6) is 0.0801. The third-order valence-electron chi connectivity index (χ3n) is 3.43. The summed E-state index contributed by atoms with van der Waals surface area (Å²) in [7, 11) is 0. The number of amides is 1. The molecule has 0 unspecified atom stereocenters. The summed E-state index contributed by atoms with van der Waals surface area (Å²) < 4.78 is 1.93. The molecule has 19 heavy (non-hydrogen) atoms. The number of thiazole rings is 1. The predicted molar refractivity (Wildman–Crippen MR) is 75.8 cm³/mol. The molecule has 0 bridgehead atoms. The average Bonchev–Trinajstić information content (AvgIpc) is 3.04. The Labute approximate surface area is 116 Å². The van der Waals surface area contributed by atoms with E-state index in [2.05, 4.69) is 4.98 Å². The Morgan fingerprint density at radius 2 is 1.79 bits per heavy atom. The largest absolute Gasteiger partial charge is 0.337 e. The molecule has 0 N–H and O–H groups in total. The Balaban J connectivity index is 1.76. The lowest BCUT2D eigenvalue weighted by atomic mass is 10.2. The molecule has 0 aromatic carbocycles. The van der Waals surface area contributed by atoms with Crippen molar-refractivity contribution in [2.24, 2.45) is 0 Å². The van der Waals surface area contributed by atoms with Crippen molar-refractivity contribution in [3.05, 3.63) is 35.6 Å². The predicted octanol–water partition coefficient (Wildman–Crippen LogP) is 2.95. The van der Waals surface area contributed by atoms with E-state index in [9.17, 15) is 4.79 Å². The molecule has 0 aliphatic carbocycles. The highest BCUT2D eigenvalue weighted by Gasteiger charge is 2.19. The van der Waals surface area contributed by atoms with Crippen molar-refractivity contribution < 1.29 is 4.79 Å². The molecule has 3 heterocycles. The quantitative estimate of drug-likeness (QED) is 0.845. The molecule has 0 spiro atoms. The van der Waals surface area contributed by atoms with Gasteiger partial charge in [-0.3, -0.25) is 4.79 Å². The fourth-order valence-corrected chi connectivity index (χ4v) is 3.14. The van der Waals surface area contributed by atoms with Crippen LogP contribution in [0.5, 0.6) is 0 Å². The van der Waals surface area contributed by atoms with Gasteiger partial charge in [-0.1, -0.05) is 12.8 Å². The third kappa shape index (κ3) is 2.71. The Bertz CT molecular complexity index is 539. The van der Waals surface area contributed by atoms with E-state index in [1.807, 2.05) is 39.4 Å². The summed E-state index contributed by atoms with van der Waals surface area (Å²) in [6, 6.07) is 3.91. The second kappa shape index (κ2) is 5.57. The lowest BCUT2D eigenvalue weighted by Crippen LogP contribution is -2.32. The molecule has 5 heteroatoms. The van der Waals surface area contributed by atoms with Gasteiger partial charge in [0, 0.05) is 30.9 Å². The van der Waals surface area contributed by atoms with Crippen molar-refractivity contribution in [3.8, 4) is 5.13 Å². The van der Waals surface area contributed by atoms with E-state index >= 15 is 0 Å². The van der Waals surface area contributed by atoms with Crippen LogP contribution in [0.2, 0.25) is 0 Å². The number of carbonyl (C=O) groups excluding carboxylic acids is 1. The van der Waals surface area contributed by atoms with Crippen molar-refractivity contribution in [1.82, 2.24) is 14.5 Å². The Morgan fingerprint density at radius 1 is 1.11 bits per heavy atom. The minimum absolute atomic E-state index is 0.0801. The fourth-order valence-electron chi connectivity index (χ4n) is 2.38. The van der Waals surface area contributed by atoms with Crippen LogP contribution in [0, 0.1) is 0 Å². The van der Waals surface area contributed by atoms with E-state index in [1.54, 1.807) is 0 Å². The van der Waals surface area contributed by atoms with Crippen LogP contribution < -0.4 is 0 Å². The highest BCUT2D eigenvalue weighted by atomic mass is 32.1. The van der Waals surface area contributed by atoms with Crippen LogP contribution in [0.1, 0.15) is 36.2 Å². The zero-order valence-corrected chi connectivity index (χ0v) is 11.6. The maximum absolute atomic E-state index is 12.4. The summed E-state index contributed by atoms with van der Waals surface area (Å²) in [5.41, 5.74) is 0.579. The van der Waals surface area contributed by atoms with Crippen molar-refractivity contribution in [2.75, 3.05) is 13.1 Å². The standard InChI is InChI=1S/C14H17N3OS/c18-13(16-7-3-1-2-4-8-16)12-11-19-14(15-12)17-9-5-6-10-17/h5-6,9-11H,1-4,7-8H2. The van der Waals surface area contributed by atoms with Crippen LogP contribution in [-0.2, 0) is 0 Å². The molecule has 3 rings (SSSR count). The Hall–Kier alpha value is -1.62. The zero-order chi connectivity index (χ0) is 13.1. The van der Waals surface area contributed by atoms with Gasteiger partial charge in [0.2, 0.25) is 0 Å². The summed E-state index contributed by atoms with van der Waals surface area (Å²) in [5, 5.41) is 2.71. The normalized spacial score (nSPS) is 16.3. The first-order valence-corrected chi connectivity index (χ1v) is 7.61. The van der Waals surface area contributed by atoms with E-state index in [1.165, 1.54) is 24.2 Å². The summed E-state index contributed by atoms with van der Waals surface area (Å²) >= 11 is 1.51. The molecule has 0 radical (unpaired) electrons. The Morgan fingerprint density at radius 3 is 2.47 bits per heavy atom. The number of hydrogen-bond acceptors (Lipinski definition) is 3. The second-order valence-electron chi connectivity index (χ2n) is 4.81. The van der Waals surface area contributed by atoms with Gasteiger partial charge in [-0.2, -0.15) is 0 Å². The van der Waals surface area contributed by atoms with Crippen LogP contribution in [0.3, 0.4) is 0 Å². The van der Waals surface area contributed by atoms with Gasteiger partial charge in [-0.25, -0.2) is 4.98 Å². The zero-order valence-electron chi connectivity index (χ0n) is 10.8. The Kier molecular flexibility index (Phi) is 3.64. The van der Waals surface area contributed by atoms with Crippen LogP contribution in [0.15, 0.2) is 29.9 Å². The van der Waals surface area contributed by atoms with Gasteiger partial charge in [0.25, 0.3) is 5.91 Å². The van der Waals surface area contributed by atoms with Crippen LogP contribution in [0.4, 0.5) is 0 Å². The number of likely N-dealkylation sites (tertiary alicyclic amines) is 1. The molecule has 0 saturated carbocycles. The molecule has 1 saturated heterocycles. The lowest BCUT2D eigenvalue weighted by molar-refractivity contribution is 0.0756. The maximum Gasteiger partial charge on any atom is 0.273 e. The number of hydrogen-bond donors (Lipinski definition) is 0. The first kappa shape index (κ1) is 12.4. The average molecular weight is 275 g/mol. The second-order valence-corrected chi connectivity index (χ2v) is 5.65. The van der Waals surface area contributed by atoms with Gasteiger partial charge in [0.1, 0.15) is 5.69 Å². The number of rotatable bonds is 2. The molecule has 0 atom stereocenters. The molecule has 100 valence electrons. The first-order valence-electron chi connectivity index (χ1n) is 6.73. The molecule has 1 fully saturated rings. The van der Waals surface area contributed by atoms with Gasteiger partial charge >= 0.3 is 0 Å². The van der Waals surface area contributed by atoms with E-state index in [-0.39, 0.29) is 5.91 Å². The van der Waals surface area contributed by atoms with E-state index < -0.39 is 0 Å². The summed E-state index contributed by atoms with van der Waals surface area (Å²) in [4.78, 5) is 18.8. The highest BCUT2D eigenvalue weighted by molar-refractivity contribution is 7.12. The van der Waals surface area contributed by atoms with Gasteiger partial charge in [0.05, 0.1) is 0 Å². The van der Waals surface area contributed by atoms with Crippen LogP contribution in [0.25, 0.3) is 5.13 Å². The van der Waals surface area contributed by atoms with Crippen LogP contribution >= 0.6 is 11.3 Å². The molecule has 1 aliphatic heterocycles. The number of carbonyl (C=O) groups is 1. The number of nitrogens with zero attached hydrogens (tertiary/aromatic N) is 3. The summed E-state index contributed by atoms with van der Waals surface area (Å²) in [6.45, 7) is 1.74. The molecule has 2 aromatic heterocycles. The van der Waals surface area contributed by atoms with Crippen molar-refractivity contribution in [1.29, 1.82) is 0 Å². The van der Waals surface area contributed by atoms with Gasteiger partial charge in [-0.05, 0) is 25.0 Å². The van der Waals surface area contributed by atoms with E-state index in [4.69, 9.17) is 0 Å². The van der Waals surface area contributed by atoms with E-state index in [0.29, 0.717) is 5.69 Å². The topological polar surface area (TPSA) is 38.1 Å². The van der Waals surface area contributed by atoms with Crippen molar-refractivity contribution >= 4 is 17.2 Å². The van der Waals surface area contributed by atoms with Crippen LogP contribution in [-0.4, -0.2) is 33.4 Å². The molecular formula is C14H17N3OS. The molecule has 2 aromatic rings. The van der Waals surface area contributed by atoms with Gasteiger partial charge < -0.3 is 9.47 Å². The van der Waals surface area contributed by atoms with Gasteiger partial charge in [-0.15, -0.1) is 11.3 Å². The lowest BCUT2D eigenvalue weighted by Gasteiger charge is -2.18. The summed E-state index contributed by atoms with van der Waals surface area (Å²) in [6.07, 6.45) is 8.57. The SMILES string of the molecule is O=C(c1csc(-n2cccc2)n1)N1CCCCCC1. The highest BCUT2D eigenvalue weighted by Crippen LogP contribution is 2.18. The van der Waals surface area contributed by atoms with Gasteiger partial charge in [0.15, 0.2) is 5.13 Å². The molecule has 1 aliphatic rings. The smallest absolute Gasteiger partial charge is 0.273 e. The third-order valence-corrected chi connectivity index (χ3v) is 4.28. The maximum atomic E-state index is 12.4. The molecule has 4 nitrogen and oxygen atoms in total. The minimum Gasteiger partial charge on any atom is -0.337 e. The van der Waals surface area contributed by atoms with Crippen molar-refractivity contribution in [3.63, 3.8) is 0 Å². The fraction of sp³-hybridized carbons (Fsp3) is 0.429. The number of aromatic nitrogens is 2. The monoisotopic (exact) mass is 275 g/mol. The minimum atomic E-state index is 0.0801. The molecular weight excluding hydrogens is 258 g/mol.